The first-order valence-electron chi connectivity index (χ1n) is 3.65. The molecule has 0 aromatic heterocycles. The predicted molar refractivity (Wildman–Crippen MR) is 33.9 cm³/mol. The zero-order valence-electron chi connectivity index (χ0n) is 5.39. The number of carbonyl (C=O) groups is 1. The van der Waals surface area contributed by atoms with Gasteiger partial charge < -0.3 is 5.32 Å². The van der Waals surface area contributed by atoms with E-state index in [2.05, 4.69) is 5.32 Å². The van der Waals surface area contributed by atoms with Gasteiger partial charge in [-0.3, -0.25) is 4.79 Å². The third-order valence-electron chi connectivity index (χ3n) is 2.45. The van der Waals surface area contributed by atoms with Crippen LogP contribution in [0.5, 0.6) is 0 Å². The van der Waals surface area contributed by atoms with Crippen molar-refractivity contribution in [3.05, 3.63) is 0 Å². The summed E-state index contributed by atoms with van der Waals surface area (Å²) in [6.45, 7) is 0. The monoisotopic (exact) mass is 125 g/mol. The van der Waals surface area contributed by atoms with Crippen LogP contribution in [-0.4, -0.2) is 11.9 Å². The molecule has 2 aliphatic rings. The lowest BCUT2D eigenvalue weighted by atomic mass is 10.1. The zero-order valence-corrected chi connectivity index (χ0v) is 5.39. The Morgan fingerprint density at radius 1 is 1.44 bits per heavy atom. The minimum Gasteiger partial charge on any atom is -0.353 e. The SMILES string of the molecule is O=C1C[C@H]2CCC[C@H]2N1. The van der Waals surface area contributed by atoms with Gasteiger partial charge in [-0.2, -0.15) is 0 Å². The lowest BCUT2D eigenvalue weighted by Crippen LogP contribution is -2.25. The van der Waals surface area contributed by atoms with Gasteiger partial charge in [0.2, 0.25) is 5.91 Å². The molecule has 0 radical (unpaired) electrons. The van der Waals surface area contributed by atoms with Gasteiger partial charge in [-0.15, -0.1) is 0 Å². The Morgan fingerprint density at radius 3 is 3.11 bits per heavy atom. The van der Waals surface area contributed by atoms with Crippen LogP contribution in [0.1, 0.15) is 25.7 Å². The highest BCUT2D eigenvalue weighted by Gasteiger charge is 2.35. The number of hydrogen-bond acceptors (Lipinski definition) is 1. The molecular weight excluding hydrogens is 114 g/mol. The number of fused-ring (bicyclic) bond motifs is 1. The van der Waals surface area contributed by atoms with Crippen molar-refractivity contribution < 1.29 is 4.79 Å². The first-order valence-corrected chi connectivity index (χ1v) is 3.65. The molecule has 2 fully saturated rings. The van der Waals surface area contributed by atoms with Crippen molar-refractivity contribution in [1.29, 1.82) is 0 Å². The summed E-state index contributed by atoms with van der Waals surface area (Å²) in [5, 5.41) is 2.98. The summed E-state index contributed by atoms with van der Waals surface area (Å²) in [4.78, 5) is 10.7. The third-order valence-corrected chi connectivity index (χ3v) is 2.45. The van der Waals surface area contributed by atoms with Crippen LogP contribution in [0.25, 0.3) is 0 Å². The third kappa shape index (κ3) is 0.732. The lowest BCUT2D eigenvalue weighted by Gasteiger charge is -2.04. The normalized spacial score (nSPS) is 40.7. The van der Waals surface area contributed by atoms with E-state index in [0.717, 1.165) is 6.42 Å². The Kier molecular flexibility index (Phi) is 1.01. The van der Waals surface area contributed by atoms with E-state index >= 15 is 0 Å². The molecule has 1 saturated heterocycles. The molecule has 0 unspecified atom stereocenters. The molecule has 1 amide bonds. The van der Waals surface area contributed by atoms with Crippen molar-refractivity contribution >= 4 is 5.91 Å². The molecule has 2 nitrogen and oxygen atoms in total. The summed E-state index contributed by atoms with van der Waals surface area (Å²) < 4.78 is 0. The highest BCUT2D eigenvalue weighted by molar-refractivity contribution is 5.79. The second-order valence-electron chi connectivity index (χ2n) is 3.07. The fourth-order valence-corrected chi connectivity index (χ4v) is 1.98. The molecule has 1 aliphatic carbocycles. The Hall–Kier alpha value is -0.530. The Bertz CT molecular complexity index is 130. The van der Waals surface area contributed by atoms with E-state index in [1.165, 1.54) is 19.3 Å². The van der Waals surface area contributed by atoms with Gasteiger partial charge >= 0.3 is 0 Å². The molecule has 2 heteroatoms. The second-order valence-corrected chi connectivity index (χ2v) is 3.07. The smallest absolute Gasteiger partial charge is 0.220 e. The van der Waals surface area contributed by atoms with Crippen molar-refractivity contribution in [2.45, 2.75) is 31.7 Å². The van der Waals surface area contributed by atoms with Gasteiger partial charge in [-0.1, -0.05) is 6.42 Å². The quantitative estimate of drug-likeness (QED) is 0.506. The number of nitrogens with one attached hydrogen (secondary N) is 1. The summed E-state index contributed by atoms with van der Waals surface area (Å²) in [6.07, 6.45) is 4.60. The van der Waals surface area contributed by atoms with Crippen LogP contribution in [0.4, 0.5) is 0 Å². The Morgan fingerprint density at radius 2 is 2.33 bits per heavy atom. The van der Waals surface area contributed by atoms with Crippen LogP contribution in [0.15, 0.2) is 0 Å². The second kappa shape index (κ2) is 1.72. The topological polar surface area (TPSA) is 29.1 Å². The first-order chi connectivity index (χ1) is 4.36. The molecule has 9 heavy (non-hydrogen) atoms. The van der Waals surface area contributed by atoms with Crippen molar-refractivity contribution in [2.24, 2.45) is 5.92 Å². The predicted octanol–water partition coefficient (Wildman–Crippen LogP) is 0.675. The van der Waals surface area contributed by atoms with Crippen molar-refractivity contribution in [2.75, 3.05) is 0 Å². The average molecular weight is 125 g/mol. The molecule has 1 aliphatic heterocycles. The molecule has 2 rings (SSSR count). The fourth-order valence-electron chi connectivity index (χ4n) is 1.98. The Balaban J connectivity index is 2.09. The van der Waals surface area contributed by atoms with Gasteiger partial charge in [0.1, 0.15) is 0 Å². The van der Waals surface area contributed by atoms with Crippen LogP contribution in [0.2, 0.25) is 0 Å². The zero-order chi connectivity index (χ0) is 6.27. The van der Waals surface area contributed by atoms with E-state index in [9.17, 15) is 4.79 Å². The number of hydrogen-bond donors (Lipinski definition) is 1. The van der Waals surface area contributed by atoms with Crippen LogP contribution in [0.3, 0.4) is 0 Å². The average Bonchev–Trinajstić information content (AvgIpc) is 2.22. The van der Waals surface area contributed by atoms with E-state index in [4.69, 9.17) is 0 Å². The fraction of sp³-hybridized carbons (Fsp3) is 0.857. The molecule has 0 aromatic carbocycles. The van der Waals surface area contributed by atoms with Crippen molar-refractivity contribution in [1.82, 2.24) is 5.32 Å². The van der Waals surface area contributed by atoms with Gasteiger partial charge in [-0.25, -0.2) is 0 Å². The van der Waals surface area contributed by atoms with Gasteiger partial charge in [-0.05, 0) is 18.8 Å². The van der Waals surface area contributed by atoms with E-state index in [-0.39, 0.29) is 5.91 Å². The maximum atomic E-state index is 10.7. The largest absolute Gasteiger partial charge is 0.353 e. The van der Waals surface area contributed by atoms with E-state index < -0.39 is 0 Å². The van der Waals surface area contributed by atoms with Crippen LogP contribution in [0, 0.1) is 5.92 Å². The molecule has 0 spiro atoms. The minimum absolute atomic E-state index is 0.268. The molecular formula is C7H11NO. The maximum absolute atomic E-state index is 10.7. The molecule has 0 aromatic rings. The van der Waals surface area contributed by atoms with Crippen molar-refractivity contribution in [3.63, 3.8) is 0 Å². The van der Waals surface area contributed by atoms with E-state index in [1.807, 2.05) is 0 Å². The van der Waals surface area contributed by atoms with Crippen molar-refractivity contribution in [3.8, 4) is 0 Å². The van der Waals surface area contributed by atoms with Gasteiger partial charge in [0, 0.05) is 12.5 Å². The summed E-state index contributed by atoms with van der Waals surface area (Å²) in [7, 11) is 0. The number of amides is 1. The molecule has 1 N–H and O–H groups in total. The lowest BCUT2D eigenvalue weighted by molar-refractivity contribution is -0.119. The van der Waals surface area contributed by atoms with Gasteiger partial charge in [0.25, 0.3) is 0 Å². The standard InChI is InChI=1S/C7H11NO/c9-7-4-5-2-1-3-6(5)8-7/h5-6H,1-4H2,(H,8,9)/t5-,6-/m1/s1. The maximum Gasteiger partial charge on any atom is 0.220 e. The summed E-state index contributed by atoms with van der Waals surface area (Å²) in [5.41, 5.74) is 0. The first kappa shape index (κ1) is 5.27. The molecule has 1 saturated carbocycles. The molecule has 2 atom stereocenters. The summed E-state index contributed by atoms with van der Waals surface area (Å²) in [5.74, 6) is 0.960. The van der Waals surface area contributed by atoms with Crippen LogP contribution >= 0.6 is 0 Å². The molecule has 1 heterocycles. The highest BCUT2D eigenvalue weighted by Crippen LogP contribution is 2.32. The molecule has 50 valence electrons. The van der Waals surface area contributed by atoms with E-state index in [1.54, 1.807) is 0 Å². The summed E-state index contributed by atoms with van der Waals surface area (Å²) >= 11 is 0. The minimum atomic E-state index is 0.268. The van der Waals surface area contributed by atoms with Crippen LogP contribution in [-0.2, 0) is 4.79 Å². The van der Waals surface area contributed by atoms with Gasteiger partial charge in [0.15, 0.2) is 0 Å². The van der Waals surface area contributed by atoms with E-state index in [0.29, 0.717) is 12.0 Å². The number of rotatable bonds is 0. The highest BCUT2D eigenvalue weighted by atomic mass is 16.2. The van der Waals surface area contributed by atoms with Crippen LogP contribution < -0.4 is 5.32 Å². The summed E-state index contributed by atoms with van der Waals surface area (Å²) in [6, 6.07) is 0.553. The van der Waals surface area contributed by atoms with Gasteiger partial charge in [0.05, 0.1) is 0 Å². The Labute approximate surface area is 54.6 Å². The number of carbonyl (C=O) groups excluding carboxylic acids is 1. The molecule has 0 bridgehead atoms.